The van der Waals surface area contributed by atoms with Crippen LogP contribution in [-0.2, 0) is 14.3 Å². The minimum atomic E-state index is -0.337. The summed E-state index contributed by atoms with van der Waals surface area (Å²) < 4.78 is 4.97. The lowest BCUT2D eigenvalue weighted by Gasteiger charge is -2.19. The predicted octanol–water partition coefficient (Wildman–Crippen LogP) is 2.77. The second-order valence-electron chi connectivity index (χ2n) is 7.23. The zero-order chi connectivity index (χ0) is 16.4. The van der Waals surface area contributed by atoms with E-state index in [4.69, 9.17) is 16.3 Å². The van der Waals surface area contributed by atoms with E-state index in [1.807, 2.05) is 30.0 Å². The Morgan fingerprint density at radius 1 is 1.30 bits per heavy atom. The van der Waals surface area contributed by atoms with Crippen molar-refractivity contribution in [3.8, 4) is 0 Å². The fourth-order valence-electron chi connectivity index (χ4n) is 3.97. The van der Waals surface area contributed by atoms with Gasteiger partial charge in [-0.05, 0) is 42.9 Å². The maximum atomic E-state index is 12.7. The van der Waals surface area contributed by atoms with Gasteiger partial charge in [0.2, 0.25) is 5.91 Å². The van der Waals surface area contributed by atoms with Gasteiger partial charge in [0.1, 0.15) is 0 Å². The Labute approximate surface area is 140 Å². The molecule has 1 saturated heterocycles. The molecule has 4 rings (SSSR count). The third kappa shape index (κ3) is 2.26. The Balaban J connectivity index is 1.62. The van der Waals surface area contributed by atoms with Crippen molar-refractivity contribution in [2.24, 2.45) is 17.3 Å². The summed E-state index contributed by atoms with van der Waals surface area (Å²) in [5, 5.41) is 0.659. The molecular weight excluding hydrogens is 314 g/mol. The quantitative estimate of drug-likeness (QED) is 0.799. The molecule has 2 aliphatic carbocycles. The standard InChI is InChI=1S/C18H20ClNO3/c1-10-3-4-12(15(19)5-10)13-8-20(9-14(13)16(21)23-2)17(22)18-6-11(18)7-18/h3-5,11,13-14H,6-9H2,1-2H3/t11?,13-,14+,18?/m0/s1. The van der Waals surface area contributed by atoms with Gasteiger partial charge >= 0.3 is 5.97 Å². The molecule has 1 amide bonds. The lowest BCUT2D eigenvalue weighted by atomic mass is 9.88. The number of halogens is 1. The number of benzene rings is 1. The van der Waals surface area contributed by atoms with E-state index in [-0.39, 0.29) is 29.1 Å². The van der Waals surface area contributed by atoms with Crippen molar-refractivity contribution in [2.75, 3.05) is 20.2 Å². The second-order valence-corrected chi connectivity index (χ2v) is 7.64. The minimum Gasteiger partial charge on any atom is -0.469 e. The van der Waals surface area contributed by atoms with E-state index in [0.717, 1.165) is 24.0 Å². The summed E-state index contributed by atoms with van der Waals surface area (Å²) in [5.74, 6) is 0.140. The van der Waals surface area contributed by atoms with Gasteiger partial charge < -0.3 is 9.64 Å². The lowest BCUT2D eigenvalue weighted by Crippen LogP contribution is -2.33. The number of methoxy groups -OCH3 is 1. The third-order valence-corrected chi connectivity index (χ3v) is 6.10. The number of rotatable bonds is 3. The molecule has 2 saturated carbocycles. The average Bonchev–Trinajstić information content (AvgIpc) is 3.34. The minimum absolute atomic E-state index is 0.0629. The molecule has 0 N–H and O–H groups in total. The molecule has 1 aliphatic heterocycles. The fourth-order valence-corrected chi connectivity index (χ4v) is 4.35. The fraction of sp³-hybridized carbons (Fsp3) is 0.556. The lowest BCUT2D eigenvalue weighted by molar-refractivity contribution is -0.145. The van der Waals surface area contributed by atoms with Gasteiger partial charge in [-0.15, -0.1) is 0 Å². The third-order valence-electron chi connectivity index (χ3n) is 5.77. The molecule has 0 unspecified atom stereocenters. The first kappa shape index (κ1) is 15.0. The molecular formula is C18H20ClNO3. The van der Waals surface area contributed by atoms with Crippen LogP contribution in [-0.4, -0.2) is 37.0 Å². The SMILES string of the molecule is COC(=O)[C@@H]1CN(C(=O)C23CC2C3)C[C@H]1c1ccc(C)cc1Cl. The van der Waals surface area contributed by atoms with E-state index in [2.05, 4.69) is 0 Å². The molecule has 1 heterocycles. The number of nitrogens with zero attached hydrogens (tertiary/aromatic N) is 1. The first-order chi connectivity index (χ1) is 11.0. The molecule has 0 bridgehead atoms. The monoisotopic (exact) mass is 333 g/mol. The highest BCUT2D eigenvalue weighted by molar-refractivity contribution is 6.31. The van der Waals surface area contributed by atoms with Crippen molar-refractivity contribution in [3.63, 3.8) is 0 Å². The van der Waals surface area contributed by atoms with Gasteiger partial charge in [-0.3, -0.25) is 9.59 Å². The van der Waals surface area contributed by atoms with Crippen molar-refractivity contribution < 1.29 is 14.3 Å². The van der Waals surface area contributed by atoms with Crippen LogP contribution in [0.25, 0.3) is 0 Å². The Morgan fingerprint density at radius 3 is 2.57 bits per heavy atom. The van der Waals surface area contributed by atoms with Crippen LogP contribution in [0.1, 0.15) is 29.9 Å². The van der Waals surface area contributed by atoms with Crippen LogP contribution in [0.5, 0.6) is 0 Å². The van der Waals surface area contributed by atoms with E-state index in [1.54, 1.807) is 0 Å². The van der Waals surface area contributed by atoms with E-state index >= 15 is 0 Å². The van der Waals surface area contributed by atoms with Crippen molar-refractivity contribution in [3.05, 3.63) is 34.3 Å². The van der Waals surface area contributed by atoms with Crippen LogP contribution in [0.4, 0.5) is 0 Å². The van der Waals surface area contributed by atoms with Gasteiger partial charge in [0.25, 0.3) is 0 Å². The maximum absolute atomic E-state index is 12.7. The number of carbonyl (C=O) groups excluding carboxylic acids is 2. The number of fused-ring (bicyclic) bond motifs is 1. The number of likely N-dealkylation sites (tertiary alicyclic amines) is 1. The highest BCUT2D eigenvalue weighted by Gasteiger charge is 2.75. The smallest absolute Gasteiger partial charge is 0.311 e. The molecule has 2 atom stereocenters. The van der Waals surface area contributed by atoms with Gasteiger partial charge in [0.05, 0.1) is 18.4 Å². The topological polar surface area (TPSA) is 46.6 Å². The largest absolute Gasteiger partial charge is 0.469 e. The summed E-state index contributed by atoms with van der Waals surface area (Å²) in [6.07, 6.45) is 2.06. The first-order valence-corrected chi connectivity index (χ1v) is 8.47. The summed E-state index contributed by atoms with van der Waals surface area (Å²) in [5.41, 5.74) is 1.95. The number of aryl methyl sites for hydroxylation is 1. The maximum Gasteiger partial charge on any atom is 0.311 e. The van der Waals surface area contributed by atoms with E-state index in [1.165, 1.54) is 7.11 Å². The van der Waals surface area contributed by atoms with E-state index in [9.17, 15) is 9.59 Å². The zero-order valence-electron chi connectivity index (χ0n) is 13.3. The molecule has 122 valence electrons. The van der Waals surface area contributed by atoms with Gasteiger partial charge in [-0.2, -0.15) is 0 Å². The molecule has 0 radical (unpaired) electrons. The van der Waals surface area contributed by atoms with Crippen LogP contribution in [0, 0.1) is 24.2 Å². The Kier molecular flexibility index (Phi) is 3.24. The van der Waals surface area contributed by atoms with Crippen molar-refractivity contribution in [2.45, 2.75) is 25.7 Å². The Hall–Kier alpha value is -1.55. The predicted molar refractivity (Wildman–Crippen MR) is 86.2 cm³/mol. The molecule has 3 fully saturated rings. The molecule has 1 aromatic rings. The normalized spacial score (nSPS) is 34.0. The first-order valence-electron chi connectivity index (χ1n) is 8.09. The molecule has 1 aromatic carbocycles. The summed E-state index contributed by atoms with van der Waals surface area (Å²) in [7, 11) is 1.40. The number of amides is 1. The van der Waals surface area contributed by atoms with Crippen LogP contribution in [0.2, 0.25) is 5.02 Å². The molecule has 3 aliphatic rings. The highest BCUT2D eigenvalue weighted by atomic mass is 35.5. The van der Waals surface area contributed by atoms with Crippen LogP contribution >= 0.6 is 11.6 Å². The second kappa shape index (κ2) is 4.97. The van der Waals surface area contributed by atoms with Gasteiger partial charge in [-0.1, -0.05) is 23.7 Å². The summed E-state index contributed by atoms with van der Waals surface area (Å²) in [4.78, 5) is 26.8. The van der Waals surface area contributed by atoms with Gasteiger partial charge in [0, 0.05) is 24.0 Å². The molecule has 0 aromatic heterocycles. The molecule has 4 nitrogen and oxygen atoms in total. The highest BCUT2D eigenvalue weighted by Crippen LogP contribution is 2.76. The number of hydrogen-bond donors (Lipinski definition) is 0. The van der Waals surface area contributed by atoms with Crippen molar-refractivity contribution in [1.29, 1.82) is 0 Å². The van der Waals surface area contributed by atoms with Crippen molar-refractivity contribution >= 4 is 23.5 Å². The van der Waals surface area contributed by atoms with E-state index < -0.39 is 0 Å². The van der Waals surface area contributed by atoms with Gasteiger partial charge in [0.15, 0.2) is 0 Å². The Bertz CT molecular complexity index is 696. The zero-order valence-corrected chi connectivity index (χ0v) is 14.1. The van der Waals surface area contributed by atoms with Crippen LogP contribution in [0.15, 0.2) is 18.2 Å². The molecule has 0 spiro atoms. The van der Waals surface area contributed by atoms with Crippen molar-refractivity contribution in [1.82, 2.24) is 4.90 Å². The average molecular weight is 334 g/mol. The summed E-state index contributed by atoms with van der Waals surface area (Å²) >= 11 is 6.40. The summed E-state index contributed by atoms with van der Waals surface area (Å²) in [6.45, 7) is 2.97. The van der Waals surface area contributed by atoms with E-state index in [0.29, 0.717) is 24.0 Å². The molecule has 23 heavy (non-hydrogen) atoms. The van der Waals surface area contributed by atoms with Gasteiger partial charge in [-0.25, -0.2) is 0 Å². The van der Waals surface area contributed by atoms with Crippen LogP contribution < -0.4 is 0 Å². The number of esters is 1. The summed E-state index contributed by atoms with van der Waals surface area (Å²) in [6, 6.07) is 5.88. The molecule has 5 heteroatoms. The van der Waals surface area contributed by atoms with Crippen LogP contribution in [0.3, 0.4) is 0 Å². The number of carbonyl (C=O) groups is 2. The number of ether oxygens (including phenoxy) is 1. The Morgan fingerprint density at radius 2 is 2.00 bits per heavy atom. The number of hydrogen-bond acceptors (Lipinski definition) is 3.